The van der Waals surface area contributed by atoms with Crippen LogP contribution < -0.4 is 15.4 Å². The van der Waals surface area contributed by atoms with Crippen LogP contribution in [0.25, 0.3) is 22.5 Å². The number of benzene rings is 3. The average Bonchev–Trinajstić information content (AvgIpc) is 3.13. The summed E-state index contributed by atoms with van der Waals surface area (Å²) in [5.74, 6) is 0.999. The van der Waals surface area contributed by atoms with E-state index in [1.807, 2.05) is 60.7 Å². The van der Waals surface area contributed by atoms with Crippen LogP contribution in [0.4, 0.5) is 0 Å². The molecule has 1 aliphatic carbocycles. The van der Waals surface area contributed by atoms with Gasteiger partial charge in [0.1, 0.15) is 11.8 Å². The SMILES string of the molecule is CC(C)(C)c1ccc(C(=O)N[C@@H](Cc2ccc(-c3ncc(-c4ccc(OCC5CCC(C(C)(C)C)CC5)cc4)cn3)cc2)C(=O)NCCC(=O)O)cc1. The van der Waals surface area contributed by atoms with E-state index in [2.05, 4.69) is 62.1 Å². The molecular weight excluding hydrogens is 665 g/mol. The second kappa shape index (κ2) is 17.2. The quantitative estimate of drug-likeness (QED) is 0.127. The Balaban J connectivity index is 1.18. The van der Waals surface area contributed by atoms with Gasteiger partial charge in [-0.25, -0.2) is 9.97 Å². The Morgan fingerprint density at radius 2 is 1.40 bits per heavy atom. The summed E-state index contributed by atoms with van der Waals surface area (Å²) in [4.78, 5) is 46.6. The molecule has 1 aromatic heterocycles. The molecule has 1 atom stereocenters. The summed E-state index contributed by atoms with van der Waals surface area (Å²) in [5, 5.41) is 14.5. The summed E-state index contributed by atoms with van der Waals surface area (Å²) >= 11 is 0. The summed E-state index contributed by atoms with van der Waals surface area (Å²) in [7, 11) is 0. The number of hydrogen-bond acceptors (Lipinski definition) is 6. The molecule has 1 fully saturated rings. The molecule has 1 aliphatic rings. The number of ether oxygens (including phenoxy) is 1. The van der Waals surface area contributed by atoms with Crippen LogP contribution in [-0.2, 0) is 21.4 Å². The summed E-state index contributed by atoms with van der Waals surface area (Å²) in [5.41, 5.74) is 5.38. The zero-order valence-electron chi connectivity index (χ0n) is 31.9. The first-order valence-electron chi connectivity index (χ1n) is 18.7. The first-order chi connectivity index (χ1) is 25.2. The largest absolute Gasteiger partial charge is 0.493 e. The van der Waals surface area contributed by atoms with E-state index in [9.17, 15) is 14.4 Å². The second-order valence-corrected chi connectivity index (χ2v) is 16.4. The maximum atomic E-state index is 13.2. The lowest BCUT2D eigenvalue weighted by atomic mass is 9.70. The van der Waals surface area contributed by atoms with Crippen LogP contribution in [0, 0.1) is 17.3 Å². The van der Waals surface area contributed by atoms with Crippen molar-refractivity contribution in [1.82, 2.24) is 20.6 Å². The number of rotatable bonds is 13. The number of carbonyl (C=O) groups excluding carboxylic acids is 2. The molecule has 1 heterocycles. The molecular formula is C44H54N4O5. The minimum atomic E-state index is -1.02. The molecule has 4 aromatic rings. The Hall–Kier alpha value is -5.05. The first-order valence-corrected chi connectivity index (χ1v) is 18.7. The Bertz CT molecular complexity index is 1820. The molecule has 2 amide bonds. The van der Waals surface area contributed by atoms with Gasteiger partial charge in [-0.05, 0) is 89.3 Å². The van der Waals surface area contributed by atoms with Gasteiger partial charge in [-0.1, -0.05) is 90.1 Å². The van der Waals surface area contributed by atoms with Gasteiger partial charge in [0, 0.05) is 42.0 Å². The van der Waals surface area contributed by atoms with Gasteiger partial charge >= 0.3 is 5.97 Å². The van der Waals surface area contributed by atoms with Crippen molar-refractivity contribution in [1.29, 1.82) is 0 Å². The molecule has 0 bridgehead atoms. The number of nitrogens with one attached hydrogen (secondary N) is 2. The normalized spacial score (nSPS) is 16.7. The summed E-state index contributed by atoms with van der Waals surface area (Å²) in [6, 6.07) is 22.0. The highest BCUT2D eigenvalue weighted by atomic mass is 16.5. The van der Waals surface area contributed by atoms with Crippen LogP contribution in [0.2, 0.25) is 0 Å². The zero-order chi connectivity index (χ0) is 38.2. The molecule has 0 spiro atoms. The highest BCUT2D eigenvalue weighted by Gasteiger charge is 2.30. The van der Waals surface area contributed by atoms with Crippen LogP contribution in [-0.4, -0.2) is 52.1 Å². The third-order valence-corrected chi connectivity index (χ3v) is 10.3. The third kappa shape index (κ3) is 11.2. The lowest BCUT2D eigenvalue weighted by Crippen LogP contribution is -2.48. The van der Waals surface area contributed by atoms with Crippen LogP contribution in [0.5, 0.6) is 5.75 Å². The van der Waals surface area contributed by atoms with Crippen molar-refractivity contribution in [2.45, 2.75) is 91.5 Å². The topological polar surface area (TPSA) is 131 Å². The number of hydrogen-bond donors (Lipinski definition) is 3. The van der Waals surface area contributed by atoms with E-state index in [4.69, 9.17) is 9.84 Å². The molecule has 0 saturated heterocycles. The summed E-state index contributed by atoms with van der Waals surface area (Å²) in [6.45, 7) is 14.1. The number of amides is 2. The van der Waals surface area contributed by atoms with Crippen molar-refractivity contribution in [2.75, 3.05) is 13.2 Å². The van der Waals surface area contributed by atoms with E-state index in [0.29, 0.717) is 22.7 Å². The fraction of sp³-hybridized carbons (Fsp3) is 0.432. The standard InChI is InChI=1S/C44H54N4O5/c1-43(2,3)35-17-9-30(10-18-35)28-53-37-21-15-31(16-22-37)34-26-46-40(47-27-34)32-11-7-29(8-12-32)25-38(42(52)45-24-23-39(49)50)48-41(51)33-13-19-36(20-14-33)44(4,5)6/h7-8,11-16,19-22,26-27,30,35,38H,9-10,17-18,23-25,28H2,1-6H3,(H,45,52)(H,48,51)(H,49,50)/t30?,35?,38-/m0/s1. The van der Waals surface area contributed by atoms with E-state index >= 15 is 0 Å². The Kier molecular flexibility index (Phi) is 12.7. The van der Waals surface area contributed by atoms with Gasteiger partial charge in [0.2, 0.25) is 5.91 Å². The van der Waals surface area contributed by atoms with Gasteiger partial charge in [-0.3, -0.25) is 14.4 Å². The van der Waals surface area contributed by atoms with Crippen molar-refractivity contribution in [3.8, 4) is 28.3 Å². The lowest BCUT2D eigenvalue weighted by Gasteiger charge is -2.36. The molecule has 5 rings (SSSR count). The minimum absolute atomic E-state index is 0.0379. The number of carboxylic acids is 1. The predicted molar refractivity (Wildman–Crippen MR) is 209 cm³/mol. The maximum Gasteiger partial charge on any atom is 0.305 e. The fourth-order valence-electron chi connectivity index (χ4n) is 6.79. The molecule has 0 radical (unpaired) electrons. The van der Waals surface area contributed by atoms with Gasteiger partial charge in [0.25, 0.3) is 5.91 Å². The van der Waals surface area contributed by atoms with E-state index in [1.165, 1.54) is 25.7 Å². The minimum Gasteiger partial charge on any atom is -0.493 e. The van der Waals surface area contributed by atoms with Gasteiger partial charge in [-0.2, -0.15) is 0 Å². The summed E-state index contributed by atoms with van der Waals surface area (Å²) in [6.07, 6.45) is 8.62. The van der Waals surface area contributed by atoms with Crippen molar-refractivity contribution >= 4 is 17.8 Å². The van der Waals surface area contributed by atoms with Gasteiger partial charge in [-0.15, -0.1) is 0 Å². The van der Waals surface area contributed by atoms with Gasteiger partial charge in [0.15, 0.2) is 5.82 Å². The maximum absolute atomic E-state index is 13.2. The number of aliphatic carboxylic acids is 1. The zero-order valence-corrected chi connectivity index (χ0v) is 31.9. The van der Waals surface area contributed by atoms with Crippen molar-refractivity contribution in [2.24, 2.45) is 17.3 Å². The number of nitrogens with zero attached hydrogens (tertiary/aromatic N) is 2. The number of aromatic nitrogens is 2. The first kappa shape index (κ1) is 39.2. The second-order valence-electron chi connectivity index (χ2n) is 16.4. The van der Waals surface area contributed by atoms with Gasteiger partial charge < -0.3 is 20.5 Å². The highest BCUT2D eigenvalue weighted by Crippen LogP contribution is 2.40. The predicted octanol–water partition coefficient (Wildman–Crippen LogP) is 8.27. The van der Waals surface area contributed by atoms with E-state index in [-0.39, 0.29) is 30.7 Å². The smallest absolute Gasteiger partial charge is 0.305 e. The van der Waals surface area contributed by atoms with Crippen molar-refractivity contribution in [3.05, 3.63) is 102 Å². The van der Waals surface area contributed by atoms with Gasteiger partial charge in [0.05, 0.1) is 13.0 Å². The fourth-order valence-corrected chi connectivity index (χ4v) is 6.79. The molecule has 0 aliphatic heterocycles. The molecule has 9 nitrogen and oxygen atoms in total. The third-order valence-electron chi connectivity index (χ3n) is 10.3. The van der Waals surface area contributed by atoms with Crippen molar-refractivity contribution in [3.63, 3.8) is 0 Å². The van der Waals surface area contributed by atoms with Crippen molar-refractivity contribution < 1.29 is 24.2 Å². The number of carbonyl (C=O) groups is 3. The van der Waals surface area contributed by atoms with Crippen LogP contribution >= 0.6 is 0 Å². The monoisotopic (exact) mass is 718 g/mol. The molecule has 53 heavy (non-hydrogen) atoms. The van der Waals surface area contributed by atoms with Crippen LogP contribution in [0.15, 0.2) is 85.2 Å². The molecule has 280 valence electrons. The number of carboxylic acid groups (broad SMARTS) is 1. The molecule has 1 saturated carbocycles. The van der Waals surface area contributed by atoms with E-state index in [1.54, 1.807) is 24.5 Å². The Morgan fingerprint density at radius 1 is 0.792 bits per heavy atom. The molecule has 0 unspecified atom stereocenters. The highest BCUT2D eigenvalue weighted by molar-refractivity contribution is 5.97. The molecule has 9 heteroatoms. The Labute approximate surface area is 314 Å². The van der Waals surface area contributed by atoms with Crippen LogP contribution in [0.3, 0.4) is 0 Å². The molecule has 3 aromatic carbocycles. The van der Waals surface area contributed by atoms with E-state index in [0.717, 1.165) is 46.1 Å². The Morgan fingerprint density at radius 3 is 1.96 bits per heavy atom. The lowest BCUT2D eigenvalue weighted by molar-refractivity contribution is -0.137. The average molecular weight is 719 g/mol. The van der Waals surface area contributed by atoms with Crippen LogP contribution in [0.1, 0.15) is 95.1 Å². The van der Waals surface area contributed by atoms with E-state index < -0.39 is 17.9 Å². The summed E-state index contributed by atoms with van der Waals surface area (Å²) < 4.78 is 6.16. The molecule has 3 N–H and O–H groups in total.